The van der Waals surface area contributed by atoms with Gasteiger partial charge in [-0.15, -0.1) is 21.5 Å². The van der Waals surface area contributed by atoms with Crippen LogP contribution in [0.5, 0.6) is 0 Å². The molecule has 0 saturated carbocycles. The van der Waals surface area contributed by atoms with Crippen LogP contribution in [0.25, 0.3) is 9.88 Å². The van der Waals surface area contributed by atoms with Crippen LogP contribution in [0.2, 0.25) is 4.34 Å². The monoisotopic (exact) mass is 259 g/mol. The maximum Gasteiger partial charge on any atom is 0.157 e. The van der Waals surface area contributed by atoms with Crippen molar-refractivity contribution >= 4 is 34.3 Å². The van der Waals surface area contributed by atoms with Gasteiger partial charge in [0.15, 0.2) is 5.01 Å². The molecule has 0 spiro atoms. The Labute approximate surface area is 101 Å². The van der Waals surface area contributed by atoms with Gasteiger partial charge in [0, 0.05) is 0 Å². The van der Waals surface area contributed by atoms with Gasteiger partial charge in [-0.1, -0.05) is 29.9 Å². The van der Waals surface area contributed by atoms with Crippen LogP contribution in [0.15, 0.2) is 12.1 Å². The third-order valence-electron chi connectivity index (χ3n) is 1.98. The molecule has 0 amide bonds. The summed E-state index contributed by atoms with van der Waals surface area (Å²) in [5, 5.41) is 9.97. The van der Waals surface area contributed by atoms with Gasteiger partial charge in [0.2, 0.25) is 0 Å². The van der Waals surface area contributed by atoms with Gasteiger partial charge in [0.05, 0.1) is 15.3 Å². The molecule has 15 heavy (non-hydrogen) atoms. The second kappa shape index (κ2) is 4.57. The Balaban J connectivity index is 2.27. The first-order valence-electron chi connectivity index (χ1n) is 4.55. The Morgan fingerprint density at radius 2 is 2.20 bits per heavy atom. The van der Waals surface area contributed by atoms with Gasteiger partial charge in [0.25, 0.3) is 0 Å². The van der Waals surface area contributed by atoms with Gasteiger partial charge < -0.3 is 5.73 Å². The van der Waals surface area contributed by atoms with E-state index in [2.05, 4.69) is 10.2 Å². The summed E-state index contributed by atoms with van der Waals surface area (Å²) < 4.78 is 0.765. The fraction of sp³-hybridized carbons (Fsp3) is 0.333. The number of aromatic nitrogens is 2. The molecule has 0 saturated heterocycles. The Morgan fingerprint density at radius 1 is 1.40 bits per heavy atom. The normalized spacial score (nSPS) is 13.0. The highest BCUT2D eigenvalue weighted by Gasteiger charge is 2.12. The summed E-state index contributed by atoms with van der Waals surface area (Å²) in [4.78, 5) is 1.05. The minimum atomic E-state index is -0.00770. The average Bonchev–Trinajstić information content (AvgIpc) is 2.84. The van der Waals surface area contributed by atoms with Crippen molar-refractivity contribution < 1.29 is 0 Å². The van der Waals surface area contributed by atoms with Gasteiger partial charge in [-0.2, -0.15) is 0 Å². The molecule has 0 bridgehead atoms. The van der Waals surface area contributed by atoms with E-state index in [1.54, 1.807) is 0 Å². The van der Waals surface area contributed by atoms with Gasteiger partial charge in [-0.25, -0.2) is 0 Å². The topological polar surface area (TPSA) is 51.8 Å². The van der Waals surface area contributed by atoms with Gasteiger partial charge in [0.1, 0.15) is 5.01 Å². The zero-order valence-electron chi connectivity index (χ0n) is 8.11. The molecular formula is C9H10ClN3S2. The van der Waals surface area contributed by atoms with E-state index in [1.807, 2.05) is 19.1 Å². The van der Waals surface area contributed by atoms with Crippen LogP contribution in [0.4, 0.5) is 0 Å². The van der Waals surface area contributed by atoms with E-state index in [4.69, 9.17) is 17.3 Å². The van der Waals surface area contributed by atoms with Crippen molar-refractivity contribution in [2.24, 2.45) is 5.73 Å². The summed E-state index contributed by atoms with van der Waals surface area (Å²) in [6, 6.07) is 3.81. The Morgan fingerprint density at radius 3 is 2.80 bits per heavy atom. The summed E-state index contributed by atoms with van der Waals surface area (Å²) >= 11 is 8.90. The molecule has 6 heteroatoms. The standard InChI is InChI=1S/C9H10ClN3S2/c1-2-5(11)8-12-13-9(15-8)6-3-4-7(10)14-6/h3-5H,2,11H2,1H3. The Kier molecular flexibility index (Phi) is 3.35. The van der Waals surface area contributed by atoms with Crippen molar-refractivity contribution in [1.29, 1.82) is 0 Å². The summed E-state index contributed by atoms with van der Waals surface area (Å²) in [6.45, 7) is 2.04. The molecule has 0 fully saturated rings. The molecule has 0 aliphatic rings. The smallest absolute Gasteiger partial charge is 0.157 e. The fourth-order valence-electron chi connectivity index (χ4n) is 1.09. The number of nitrogens with zero attached hydrogens (tertiary/aromatic N) is 2. The van der Waals surface area contributed by atoms with Crippen LogP contribution in [-0.2, 0) is 0 Å². The zero-order valence-corrected chi connectivity index (χ0v) is 10.5. The lowest BCUT2D eigenvalue weighted by molar-refractivity contribution is 0.683. The maximum absolute atomic E-state index is 5.88. The summed E-state index contributed by atoms with van der Waals surface area (Å²) in [7, 11) is 0. The lowest BCUT2D eigenvalue weighted by Crippen LogP contribution is -2.07. The quantitative estimate of drug-likeness (QED) is 0.920. The number of thiophene rings is 1. The number of hydrogen-bond acceptors (Lipinski definition) is 5. The summed E-state index contributed by atoms with van der Waals surface area (Å²) in [6.07, 6.45) is 0.875. The molecule has 2 heterocycles. The Bertz CT molecular complexity index is 452. The third kappa shape index (κ3) is 2.36. The van der Waals surface area contributed by atoms with Gasteiger partial charge >= 0.3 is 0 Å². The molecule has 0 aromatic carbocycles. The largest absolute Gasteiger partial charge is 0.322 e. The number of hydrogen-bond donors (Lipinski definition) is 1. The van der Waals surface area contributed by atoms with Gasteiger partial charge in [-0.05, 0) is 18.6 Å². The van der Waals surface area contributed by atoms with Crippen molar-refractivity contribution in [3.8, 4) is 9.88 Å². The number of nitrogens with two attached hydrogens (primary N) is 1. The van der Waals surface area contributed by atoms with E-state index < -0.39 is 0 Å². The molecule has 0 aliphatic carbocycles. The summed E-state index contributed by atoms with van der Waals surface area (Å²) in [5.74, 6) is 0. The molecule has 1 unspecified atom stereocenters. The van der Waals surface area contributed by atoms with Crippen LogP contribution in [0.1, 0.15) is 24.4 Å². The van der Waals surface area contributed by atoms with Crippen molar-refractivity contribution in [1.82, 2.24) is 10.2 Å². The molecule has 0 radical (unpaired) electrons. The van der Waals surface area contributed by atoms with Crippen LogP contribution in [0.3, 0.4) is 0 Å². The predicted octanol–water partition coefficient (Wildman–Crippen LogP) is 3.33. The highest BCUT2D eigenvalue weighted by Crippen LogP contribution is 2.33. The highest BCUT2D eigenvalue weighted by atomic mass is 35.5. The van der Waals surface area contributed by atoms with Crippen molar-refractivity contribution in [2.45, 2.75) is 19.4 Å². The van der Waals surface area contributed by atoms with Crippen LogP contribution >= 0.6 is 34.3 Å². The van der Waals surface area contributed by atoms with Crippen LogP contribution in [0, 0.1) is 0 Å². The highest BCUT2D eigenvalue weighted by molar-refractivity contribution is 7.23. The molecule has 3 nitrogen and oxygen atoms in total. The second-order valence-electron chi connectivity index (χ2n) is 3.06. The van der Waals surface area contributed by atoms with E-state index >= 15 is 0 Å². The van der Waals surface area contributed by atoms with Gasteiger partial charge in [-0.3, -0.25) is 0 Å². The lowest BCUT2D eigenvalue weighted by atomic mass is 10.3. The molecule has 0 aliphatic heterocycles. The van der Waals surface area contributed by atoms with Crippen LogP contribution < -0.4 is 5.73 Å². The molecule has 1 atom stereocenters. The number of halogens is 1. The summed E-state index contributed by atoms with van der Waals surface area (Å²) in [5.41, 5.74) is 5.88. The zero-order chi connectivity index (χ0) is 10.8. The van der Waals surface area contributed by atoms with E-state index in [1.165, 1.54) is 22.7 Å². The SMILES string of the molecule is CCC(N)c1nnc(-c2ccc(Cl)s2)s1. The van der Waals surface area contributed by atoms with Crippen molar-refractivity contribution in [3.63, 3.8) is 0 Å². The molecule has 80 valence electrons. The molecule has 2 aromatic rings. The van der Waals surface area contributed by atoms with Crippen molar-refractivity contribution in [3.05, 3.63) is 21.5 Å². The van der Waals surface area contributed by atoms with Crippen molar-refractivity contribution in [2.75, 3.05) is 0 Å². The number of rotatable bonds is 3. The first-order chi connectivity index (χ1) is 7.20. The Hall–Kier alpha value is -0.490. The van der Waals surface area contributed by atoms with Crippen LogP contribution in [-0.4, -0.2) is 10.2 Å². The van der Waals surface area contributed by atoms with E-state index in [9.17, 15) is 0 Å². The van der Waals surface area contributed by atoms with E-state index in [-0.39, 0.29) is 6.04 Å². The fourth-order valence-corrected chi connectivity index (χ4v) is 3.11. The maximum atomic E-state index is 5.88. The van der Waals surface area contributed by atoms with E-state index in [0.29, 0.717) is 0 Å². The average molecular weight is 260 g/mol. The lowest BCUT2D eigenvalue weighted by Gasteiger charge is -2.00. The predicted molar refractivity (Wildman–Crippen MR) is 65.5 cm³/mol. The van der Waals surface area contributed by atoms with E-state index in [0.717, 1.165) is 25.6 Å². The molecule has 2 N–H and O–H groups in total. The molecular weight excluding hydrogens is 250 g/mol. The molecule has 2 aromatic heterocycles. The second-order valence-corrected chi connectivity index (χ2v) is 5.79. The minimum Gasteiger partial charge on any atom is -0.322 e. The first kappa shape index (κ1) is 11.0. The third-order valence-corrected chi connectivity index (χ3v) is 4.44. The first-order valence-corrected chi connectivity index (χ1v) is 6.56. The minimum absolute atomic E-state index is 0.00770. The molecule has 2 rings (SSSR count).